The highest BCUT2D eigenvalue weighted by Gasteiger charge is 2.36. The van der Waals surface area contributed by atoms with Gasteiger partial charge < -0.3 is 9.47 Å². The zero-order valence-corrected chi connectivity index (χ0v) is 16.6. The minimum Gasteiger partial charge on any atom is -0.482 e. The lowest BCUT2D eigenvalue weighted by molar-refractivity contribution is -0.145. The van der Waals surface area contributed by atoms with E-state index in [1.165, 1.54) is 30.3 Å². The maximum atomic E-state index is 12.8. The highest BCUT2D eigenvalue weighted by Crippen LogP contribution is 2.24. The first kappa shape index (κ1) is 21.1. The lowest BCUT2D eigenvalue weighted by atomic mass is 10.1. The molecule has 3 rings (SSSR count). The van der Waals surface area contributed by atoms with Crippen LogP contribution in [0.25, 0.3) is 6.08 Å². The first-order valence-corrected chi connectivity index (χ1v) is 9.32. The second-order valence-corrected chi connectivity index (χ2v) is 6.53. The van der Waals surface area contributed by atoms with Gasteiger partial charge in [0.25, 0.3) is 11.8 Å². The summed E-state index contributed by atoms with van der Waals surface area (Å²) in [6.07, 6.45) is 1.36. The Balaban J connectivity index is 1.78. The molecule has 2 aromatic carbocycles. The van der Waals surface area contributed by atoms with Crippen molar-refractivity contribution < 1.29 is 28.7 Å². The van der Waals surface area contributed by atoms with Gasteiger partial charge in [0, 0.05) is 5.02 Å². The van der Waals surface area contributed by atoms with E-state index in [4.69, 9.17) is 21.1 Å². The number of carbonyl (C=O) groups is 4. The molecule has 8 nitrogen and oxygen atoms in total. The van der Waals surface area contributed by atoms with Crippen LogP contribution < -0.4 is 15.0 Å². The summed E-state index contributed by atoms with van der Waals surface area (Å²) in [6.45, 7) is 1.73. The molecule has 4 amide bonds. The number of hydrogen-bond donors (Lipinski definition) is 1. The van der Waals surface area contributed by atoms with Crippen LogP contribution in [0.5, 0.6) is 5.75 Å². The number of hydrogen-bond acceptors (Lipinski definition) is 6. The molecule has 1 aliphatic rings. The number of nitrogens with zero attached hydrogens (tertiary/aromatic N) is 1. The molecule has 1 heterocycles. The van der Waals surface area contributed by atoms with E-state index in [0.717, 1.165) is 4.90 Å². The quantitative estimate of drug-likeness (QED) is 0.431. The zero-order valence-electron chi connectivity index (χ0n) is 15.9. The number of rotatable bonds is 6. The summed E-state index contributed by atoms with van der Waals surface area (Å²) in [5.74, 6) is -1.62. The molecule has 0 aromatic heterocycles. The second-order valence-electron chi connectivity index (χ2n) is 6.10. The molecule has 30 heavy (non-hydrogen) atoms. The van der Waals surface area contributed by atoms with Gasteiger partial charge in [0.15, 0.2) is 6.61 Å². The normalized spacial score (nSPS) is 15.2. The van der Waals surface area contributed by atoms with E-state index >= 15 is 0 Å². The van der Waals surface area contributed by atoms with Crippen LogP contribution in [0.15, 0.2) is 54.1 Å². The van der Waals surface area contributed by atoms with Gasteiger partial charge in [-0.1, -0.05) is 23.7 Å². The van der Waals surface area contributed by atoms with Gasteiger partial charge in [0.2, 0.25) is 0 Å². The van der Waals surface area contributed by atoms with E-state index in [-0.39, 0.29) is 24.5 Å². The summed E-state index contributed by atoms with van der Waals surface area (Å²) in [5, 5.41) is 2.59. The Morgan fingerprint density at radius 3 is 2.37 bits per heavy atom. The number of amides is 4. The topological polar surface area (TPSA) is 102 Å². The number of benzene rings is 2. The van der Waals surface area contributed by atoms with Crippen LogP contribution >= 0.6 is 11.6 Å². The van der Waals surface area contributed by atoms with Crippen molar-refractivity contribution in [1.29, 1.82) is 0 Å². The average Bonchev–Trinajstić information content (AvgIpc) is 2.72. The largest absolute Gasteiger partial charge is 0.482 e. The van der Waals surface area contributed by atoms with Crippen molar-refractivity contribution in [1.82, 2.24) is 5.32 Å². The van der Waals surface area contributed by atoms with Gasteiger partial charge in [0.1, 0.15) is 11.3 Å². The smallest absolute Gasteiger partial charge is 0.344 e. The molecule has 0 atom stereocenters. The summed E-state index contributed by atoms with van der Waals surface area (Å²) in [4.78, 5) is 49.4. The molecule has 154 valence electrons. The van der Waals surface area contributed by atoms with Crippen LogP contribution in [0.3, 0.4) is 0 Å². The van der Waals surface area contributed by atoms with Crippen LogP contribution in [0.1, 0.15) is 12.5 Å². The van der Waals surface area contributed by atoms with Crippen molar-refractivity contribution in [2.24, 2.45) is 0 Å². The van der Waals surface area contributed by atoms with Crippen LogP contribution in [-0.4, -0.2) is 37.0 Å². The number of urea groups is 1. The van der Waals surface area contributed by atoms with Crippen molar-refractivity contribution in [3.8, 4) is 5.75 Å². The summed E-state index contributed by atoms with van der Waals surface area (Å²) < 4.78 is 10.1. The molecule has 0 unspecified atom stereocenters. The fourth-order valence-corrected chi connectivity index (χ4v) is 2.78. The summed E-state index contributed by atoms with van der Waals surface area (Å²) >= 11 is 5.85. The number of nitrogens with one attached hydrogen (secondary N) is 1. The first-order valence-electron chi connectivity index (χ1n) is 8.94. The average molecular weight is 429 g/mol. The number of barbiturate groups is 1. The summed E-state index contributed by atoms with van der Waals surface area (Å²) in [7, 11) is 0. The molecule has 1 saturated heterocycles. The van der Waals surface area contributed by atoms with Crippen molar-refractivity contribution in [3.05, 3.63) is 64.7 Å². The first-order chi connectivity index (χ1) is 14.4. The molecule has 1 fully saturated rings. The van der Waals surface area contributed by atoms with E-state index in [9.17, 15) is 19.2 Å². The zero-order chi connectivity index (χ0) is 21.7. The number of anilines is 1. The monoisotopic (exact) mass is 428 g/mol. The molecule has 0 saturated carbocycles. The predicted molar refractivity (Wildman–Crippen MR) is 109 cm³/mol. The Bertz CT molecular complexity index is 1010. The molecular weight excluding hydrogens is 412 g/mol. The van der Waals surface area contributed by atoms with E-state index in [1.54, 1.807) is 31.2 Å². The maximum absolute atomic E-state index is 12.8. The highest BCUT2D eigenvalue weighted by molar-refractivity contribution is 6.39. The SMILES string of the molecule is CCOC(=O)COc1ccc(/C=C2\C(=O)NC(=O)N(c3ccc(Cl)cc3)C2=O)cc1. The lowest BCUT2D eigenvalue weighted by Gasteiger charge is -2.26. The number of ether oxygens (including phenoxy) is 2. The van der Waals surface area contributed by atoms with E-state index in [1.807, 2.05) is 0 Å². The van der Waals surface area contributed by atoms with Crippen molar-refractivity contribution in [2.45, 2.75) is 6.92 Å². The van der Waals surface area contributed by atoms with E-state index < -0.39 is 23.8 Å². The number of esters is 1. The van der Waals surface area contributed by atoms with Crippen molar-refractivity contribution in [2.75, 3.05) is 18.1 Å². The third kappa shape index (κ3) is 4.84. The minimum atomic E-state index is -0.841. The molecule has 0 bridgehead atoms. The maximum Gasteiger partial charge on any atom is 0.344 e. The van der Waals surface area contributed by atoms with Gasteiger partial charge in [-0.25, -0.2) is 14.5 Å². The minimum absolute atomic E-state index is 0.204. The summed E-state index contributed by atoms with van der Waals surface area (Å²) in [5.41, 5.74) is 0.607. The van der Waals surface area contributed by atoms with Crippen LogP contribution in [-0.2, 0) is 19.1 Å². The van der Waals surface area contributed by atoms with Crippen molar-refractivity contribution in [3.63, 3.8) is 0 Å². The predicted octanol–water partition coefficient (Wildman–Crippen LogP) is 2.95. The fourth-order valence-electron chi connectivity index (χ4n) is 2.65. The molecule has 1 N–H and O–H groups in total. The number of carbonyl (C=O) groups excluding carboxylic acids is 4. The molecule has 0 aliphatic carbocycles. The number of imide groups is 2. The Hall–Kier alpha value is -3.65. The van der Waals surface area contributed by atoms with Crippen LogP contribution in [0.2, 0.25) is 5.02 Å². The van der Waals surface area contributed by atoms with Gasteiger partial charge >= 0.3 is 12.0 Å². The second kappa shape index (κ2) is 9.23. The van der Waals surface area contributed by atoms with Gasteiger partial charge in [-0.05, 0) is 55.0 Å². The fraction of sp³-hybridized carbons (Fsp3) is 0.143. The molecule has 1 aliphatic heterocycles. The molecule has 0 spiro atoms. The molecule has 9 heteroatoms. The Morgan fingerprint density at radius 2 is 1.73 bits per heavy atom. The highest BCUT2D eigenvalue weighted by atomic mass is 35.5. The molecule has 2 aromatic rings. The van der Waals surface area contributed by atoms with Gasteiger partial charge in [-0.3, -0.25) is 14.9 Å². The lowest BCUT2D eigenvalue weighted by Crippen LogP contribution is -2.54. The van der Waals surface area contributed by atoms with Crippen LogP contribution in [0, 0.1) is 0 Å². The van der Waals surface area contributed by atoms with Gasteiger partial charge in [-0.2, -0.15) is 0 Å². The Morgan fingerprint density at radius 1 is 1.07 bits per heavy atom. The standard InChI is InChI=1S/C21H17ClN2O6/c1-2-29-18(25)12-30-16-9-3-13(4-10-16)11-17-19(26)23-21(28)24(20(17)27)15-7-5-14(22)6-8-15/h3-11H,2,12H2,1H3,(H,23,26,28)/b17-11+. The van der Waals surface area contributed by atoms with E-state index in [0.29, 0.717) is 16.3 Å². The van der Waals surface area contributed by atoms with Gasteiger partial charge in [-0.15, -0.1) is 0 Å². The third-order valence-corrected chi connectivity index (χ3v) is 4.29. The third-order valence-electron chi connectivity index (χ3n) is 4.04. The summed E-state index contributed by atoms with van der Waals surface area (Å²) in [6, 6.07) is 11.6. The van der Waals surface area contributed by atoms with Crippen molar-refractivity contribution >= 4 is 47.2 Å². The van der Waals surface area contributed by atoms with Crippen LogP contribution in [0.4, 0.5) is 10.5 Å². The Kier molecular flexibility index (Phi) is 6.48. The molecular formula is C21H17ClN2O6. The number of halogens is 1. The molecule has 0 radical (unpaired) electrons. The van der Waals surface area contributed by atoms with Gasteiger partial charge in [0.05, 0.1) is 12.3 Å². The Labute approximate surface area is 177 Å². The van der Waals surface area contributed by atoms with E-state index in [2.05, 4.69) is 5.32 Å².